The van der Waals surface area contributed by atoms with Gasteiger partial charge in [-0.3, -0.25) is 4.79 Å². The van der Waals surface area contributed by atoms with Gasteiger partial charge in [0.25, 0.3) is 0 Å². The van der Waals surface area contributed by atoms with Crippen molar-refractivity contribution in [2.24, 2.45) is 11.8 Å². The van der Waals surface area contributed by atoms with E-state index in [1.165, 1.54) is 0 Å². The Morgan fingerprint density at radius 3 is 2.27 bits per heavy atom. The van der Waals surface area contributed by atoms with Crippen molar-refractivity contribution in [3.63, 3.8) is 0 Å². The lowest BCUT2D eigenvalue weighted by Crippen LogP contribution is -2.49. The molecule has 0 bridgehead atoms. The van der Waals surface area contributed by atoms with Crippen molar-refractivity contribution in [3.8, 4) is 0 Å². The molecule has 1 aromatic carbocycles. The van der Waals surface area contributed by atoms with E-state index in [-0.39, 0.29) is 5.92 Å². The fourth-order valence-electron chi connectivity index (χ4n) is 3.81. The predicted molar refractivity (Wildman–Crippen MR) is 101 cm³/mol. The lowest BCUT2D eigenvalue weighted by molar-refractivity contribution is -0.138. The Balaban J connectivity index is 1.45. The highest BCUT2D eigenvalue weighted by Gasteiger charge is 2.31. The lowest BCUT2D eigenvalue weighted by atomic mass is 9.81. The number of hydrogen-bond donors (Lipinski definition) is 1. The second-order valence-corrected chi connectivity index (χ2v) is 9.28. The molecule has 0 spiro atoms. The molecule has 3 rings (SSSR count). The standard InChI is InChI=1S/C19H29N3O3S/c1-21-11-13-22(14-12-21)19(23)17-9-7-16(8-10-17)15-20-26(24,25)18-5-3-2-4-6-18/h2-6,16-17,20H,7-15H2,1H3. The van der Waals surface area contributed by atoms with E-state index in [0.717, 1.165) is 51.9 Å². The summed E-state index contributed by atoms with van der Waals surface area (Å²) in [6.07, 6.45) is 3.54. The van der Waals surface area contributed by atoms with Crippen LogP contribution in [0, 0.1) is 11.8 Å². The zero-order valence-corrected chi connectivity index (χ0v) is 16.2. The molecule has 1 heterocycles. The molecule has 1 aliphatic heterocycles. The first-order chi connectivity index (χ1) is 12.5. The third-order valence-corrected chi connectivity index (χ3v) is 7.07. The number of sulfonamides is 1. The van der Waals surface area contributed by atoms with Gasteiger partial charge in [0.2, 0.25) is 15.9 Å². The quantitative estimate of drug-likeness (QED) is 0.843. The van der Waals surface area contributed by atoms with E-state index in [1.54, 1.807) is 30.3 Å². The summed E-state index contributed by atoms with van der Waals surface area (Å²) in [4.78, 5) is 17.2. The Morgan fingerprint density at radius 1 is 1.04 bits per heavy atom. The van der Waals surface area contributed by atoms with Crippen LogP contribution in [0.15, 0.2) is 35.2 Å². The number of nitrogens with one attached hydrogen (secondary N) is 1. The van der Waals surface area contributed by atoms with Gasteiger partial charge < -0.3 is 9.80 Å². The zero-order valence-electron chi connectivity index (χ0n) is 15.4. The maximum Gasteiger partial charge on any atom is 0.240 e. The molecular weight excluding hydrogens is 350 g/mol. The molecule has 6 nitrogen and oxygen atoms in total. The molecule has 1 N–H and O–H groups in total. The smallest absolute Gasteiger partial charge is 0.240 e. The Morgan fingerprint density at radius 2 is 1.65 bits per heavy atom. The molecule has 0 unspecified atom stereocenters. The highest BCUT2D eigenvalue weighted by molar-refractivity contribution is 7.89. The minimum absolute atomic E-state index is 0.111. The number of amides is 1. The minimum Gasteiger partial charge on any atom is -0.340 e. The van der Waals surface area contributed by atoms with Crippen molar-refractivity contribution in [2.75, 3.05) is 39.8 Å². The fourth-order valence-corrected chi connectivity index (χ4v) is 4.95. The molecule has 0 radical (unpaired) electrons. The molecule has 2 fully saturated rings. The molecule has 1 saturated heterocycles. The topological polar surface area (TPSA) is 69.7 Å². The van der Waals surface area contributed by atoms with Crippen LogP contribution in [-0.2, 0) is 14.8 Å². The van der Waals surface area contributed by atoms with Crippen molar-refractivity contribution < 1.29 is 13.2 Å². The SMILES string of the molecule is CN1CCN(C(=O)C2CCC(CNS(=O)(=O)c3ccccc3)CC2)CC1. The number of benzene rings is 1. The van der Waals surface area contributed by atoms with Gasteiger partial charge in [-0.2, -0.15) is 0 Å². The maximum absolute atomic E-state index is 12.7. The predicted octanol–water partition coefficient (Wildman–Crippen LogP) is 1.55. The largest absolute Gasteiger partial charge is 0.340 e. The van der Waals surface area contributed by atoms with Gasteiger partial charge in [-0.25, -0.2) is 13.1 Å². The first kappa shape index (κ1) is 19.3. The van der Waals surface area contributed by atoms with Crippen LogP contribution in [0.5, 0.6) is 0 Å². The van der Waals surface area contributed by atoms with E-state index in [1.807, 2.05) is 4.90 Å². The van der Waals surface area contributed by atoms with E-state index in [2.05, 4.69) is 16.7 Å². The van der Waals surface area contributed by atoms with E-state index >= 15 is 0 Å². The monoisotopic (exact) mass is 379 g/mol. The summed E-state index contributed by atoms with van der Waals surface area (Å²) in [7, 11) is -1.35. The number of carbonyl (C=O) groups excluding carboxylic acids is 1. The number of rotatable bonds is 5. The summed E-state index contributed by atoms with van der Waals surface area (Å²) in [5, 5.41) is 0. The third-order valence-electron chi connectivity index (χ3n) is 5.63. The molecule has 144 valence electrons. The van der Waals surface area contributed by atoms with Gasteiger partial charge in [0.05, 0.1) is 4.90 Å². The van der Waals surface area contributed by atoms with Gasteiger partial charge in [-0.15, -0.1) is 0 Å². The highest BCUT2D eigenvalue weighted by atomic mass is 32.2. The molecular formula is C19H29N3O3S. The van der Waals surface area contributed by atoms with Gasteiger partial charge >= 0.3 is 0 Å². The number of piperazine rings is 1. The average Bonchev–Trinajstić information content (AvgIpc) is 2.68. The first-order valence-electron chi connectivity index (χ1n) is 9.48. The van der Waals surface area contributed by atoms with Crippen LogP contribution in [-0.4, -0.2) is 63.9 Å². The van der Waals surface area contributed by atoms with E-state index in [9.17, 15) is 13.2 Å². The fraction of sp³-hybridized carbons (Fsp3) is 0.632. The van der Waals surface area contributed by atoms with Gasteiger partial charge in [0.1, 0.15) is 0 Å². The van der Waals surface area contributed by atoms with Crippen LogP contribution < -0.4 is 4.72 Å². The van der Waals surface area contributed by atoms with Crippen molar-refractivity contribution in [2.45, 2.75) is 30.6 Å². The average molecular weight is 380 g/mol. The zero-order chi connectivity index (χ0) is 18.6. The molecule has 2 aliphatic rings. The van der Waals surface area contributed by atoms with Crippen molar-refractivity contribution in [1.82, 2.24) is 14.5 Å². The van der Waals surface area contributed by atoms with Crippen LogP contribution in [0.1, 0.15) is 25.7 Å². The lowest BCUT2D eigenvalue weighted by Gasteiger charge is -2.36. The second-order valence-electron chi connectivity index (χ2n) is 7.51. The Labute approximate surface area is 156 Å². The number of carbonyl (C=O) groups is 1. The van der Waals surface area contributed by atoms with Crippen LogP contribution in [0.4, 0.5) is 0 Å². The molecule has 1 amide bonds. The first-order valence-corrected chi connectivity index (χ1v) is 11.0. The summed E-state index contributed by atoms with van der Waals surface area (Å²) < 4.78 is 27.3. The summed E-state index contributed by atoms with van der Waals surface area (Å²) in [6, 6.07) is 8.47. The number of nitrogens with zero attached hydrogens (tertiary/aromatic N) is 2. The van der Waals surface area contributed by atoms with Crippen molar-refractivity contribution in [1.29, 1.82) is 0 Å². The molecule has 26 heavy (non-hydrogen) atoms. The Bertz CT molecular complexity index is 692. The molecule has 7 heteroatoms. The summed E-state index contributed by atoms with van der Waals surface area (Å²) >= 11 is 0. The highest BCUT2D eigenvalue weighted by Crippen LogP contribution is 2.30. The van der Waals surface area contributed by atoms with E-state index in [4.69, 9.17) is 0 Å². The summed E-state index contributed by atoms with van der Waals surface area (Å²) in [6.45, 7) is 4.00. The Kier molecular flexibility index (Phi) is 6.32. The van der Waals surface area contributed by atoms with Crippen molar-refractivity contribution >= 4 is 15.9 Å². The van der Waals surface area contributed by atoms with Gasteiger partial charge in [0.15, 0.2) is 0 Å². The number of hydrogen-bond acceptors (Lipinski definition) is 4. The van der Waals surface area contributed by atoms with Gasteiger partial charge in [-0.05, 0) is 50.8 Å². The van der Waals surface area contributed by atoms with E-state index in [0.29, 0.717) is 23.3 Å². The normalized spacial score (nSPS) is 25.2. The second kappa shape index (κ2) is 8.50. The summed E-state index contributed by atoms with van der Waals surface area (Å²) in [5.74, 6) is 0.715. The molecule has 1 aliphatic carbocycles. The minimum atomic E-state index is -3.44. The molecule has 0 aromatic heterocycles. The van der Waals surface area contributed by atoms with Crippen LogP contribution in [0.25, 0.3) is 0 Å². The maximum atomic E-state index is 12.7. The molecule has 1 saturated carbocycles. The van der Waals surface area contributed by atoms with E-state index < -0.39 is 10.0 Å². The third kappa shape index (κ3) is 4.84. The van der Waals surface area contributed by atoms with Crippen LogP contribution in [0.2, 0.25) is 0 Å². The molecule has 0 atom stereocenters. The summed E-state index contributed by atoms with van der Waals surface area (Å²) in [5.41, 5.74) is 0. The van der Waals surface area contributed by atoms with Gasteiger partial charge in [-0.1, -0.05) is 18.2 Å². The molecule has 1 aromatic rings. The Hall–Kier alpha value is -1.44. The van der Waals surface area contributed by atoms with Gasteiger partial charge in [0, 0.05) is 38.6 Å². The number of likely N-dealkylation sites (N-methyl/N-ethyl adjacent to an activating group) is 1. The van der Waals surface area contributed by atoms with Crippen LogP contribution >= 0.6 is 0 Å². The van der Waals surface area contributed by atoms with Crippen molar-refractivity contribution in [3.05, 3.63) is 30.3 Å². The van der Waals surface area contributed by atoms with Crippen LogP contribution in [0.3, 0.4) is 0 Å².